The van der Waals surface area contributed by atoms with E-state index in [0.29, 0.717) is 0 Å². The third-order valence-corrected chi connectivity index (χ3v) is 6.36. The second-order valence-electron chi connectivity index (χ2n) is 5.15. The molecule has 1 aromatic carbocycles. The fourth-order valence-corrected chi connectivity index (χ4v) is 3.86. The Morgan fingerprint density at radius 3 is 2.24 bits per heavy atom. The van der Waals surface area contributed by atoms with Crippen molar-refractivity contribution in [3.63, 3.8) is 0 Å². The van der Waals surface area contributed by atoms with E-state index >= 15 is 0 Å². The first kappa shape index (κ1) is 19.4. The van der Waals surface area contributed by atoms with E-state index in [1.54, 1.807) is 6.92 Å². The molecule has 0 N–H and O–H groups in total. The smallest absolute Gasteiger partial charge is 0.266 e. The van der Waals surface area contributed by atoms with E-state index in [1.165, 1.54) is 36.4 Å². The number of halogens is 2. The van der Waals surface area contributed by atoms with Gasteiger partial charge in [-0.1, -0.05) is 23.8 Å². The zero-order valence-electron chi connectivity index (χ0n) is 13.1. The number of alkyl halides is 2. The van der Waals surface area contributed by atoms with Crippen molar-refractivity contribution >= 4 is 20.0 Å². The Kier molecular flexibility index (Phi) is 5.55. The van der Waals surface area contributed by atoms with Crippen molar-refractivity contribution in [2.24, 2.45) is 0 Å². The minimum absolute atomic E-state index is 0.200. The van der Waals surface area contributed by atoms with E-state index in [0.717, 1.165) is 17.8 Å². The molecular weight excluding hydrogens is 376 g/mol. The molecule has 0 aliphatic rings. The molecule has 1 aromatic heterocycles. The molecule has 0 fully saturated rings. The maximum atomic E-state index is 14.0. The Morgan fingerprint density at radius 1 is 1.04 bits per heavy atom. The van der Waals surface area contributed by atoms with Crippen LogP contribution in [0.1, 0.15) is 12.0 Å². The van der Waals surface area contributed by atoms with E-state index in [4.69, 9.17) is 0 Å². The molecule has 0 amide bonds. The zero-order valence-corrected chi connectivity index (χ0v) is 14.7. The van der Waals surface area contributed by atoms with Gasteiger partial charge in [-0.3, -0.25) is 4.18 Å². The molecule has 0 atom stereocenters. The molecule has 0 radical (unpaired) electrons. The molecule has 0 spiro atoms. The van der Waals surface area contributed by atoms with Crippen LogP contribution in [0, 0.1) is 6.92 Å². The summed E-state index contributed by atoms with van der Waals surface area (Å²) >= 11 is 0. The van der Waals surface area contributed by atoms with E-state index in [1.807, 2.05) is 0 Å². The summed E-state index contributed by atoms with van der Waals surface area (Å²) in [5.74, 6) is 0. The molecule has 0 saturated heterocycles. The second-order valence-corrected chi connectivity index (χ2v) is 8.79. The number of sulfone groups is 1. The van der Waals surface area contributed by atoms with Gasteiger partial charge in [-0.2, -0.15) is 17.2 Å². The molecule has 1 heterocycles. The Labute approximate surface area is 144 Å². The van der Waals surface area contributed by atoms with E-state index in [-0.39, 0.29) is 4.90 Å². The highest BCUT2D eigenvalue weighted by Crippen LogP contribution is 2.31. The normalized spacial score (nSPS) is 12.9. The summed E-state index contributed by atoms with van der Waals surface area (Å²) in [6.45, 7) is 0.759. The van der Waals surface area contributed by atoms with Gasteiger partial charge in [0, 0.05) is 6.20 Å². The standard InChI is InChI=1S/C15H15F2NO5S2/c1-12-5-7-13(8-6-12)25(21,22)23-11-9-15(16,17)24(19,20)14-4-2-3-10-18-14/h2-8,10H,9,11H2,1H3. The molecule has 0 saturated carbocycles. The van der Waals surface area contributed by atoms with Crippen LogP contribution in [0.15, 0.2) is 58.6 Å². The molecule has 6 nitrogen and oxygen atoms in total. The molecule has 136 valence electrons. The van der Waals surface area contributed by atoms with Gasteiger partial charge in [0.05, 0.1) is 17.9 Å². The van der Waals surface area contributed by atoms with Gasteiger partial charge >= 0.3 is 5.25 Å². The number of nitrogens with zero attached hydrogens (tertiary/aromatic N) is 1. The largest absolute Gasteiger partial charge is 0.353 e. The van der Waals surface area contributed by atoms with E-state index < -0.39 is 43.3 Å². The lowest BCUT2D eigenvalue weighted by Gasteiger charge is -2.16. The molecule has 0 aliphatic carbocycles. The molecule has 0 bridgehead atoms. The van der Waals surface area contributed by atoms with E-state index in [9.17, 15) is 25.6 Å². The summed E-state index contributed by atoms with van der Waals surface area (Å²) in [7, 11) is -9.30. The van der Waals surface area contributed by atoms with Gasteiger partial charge in [0.15, 0.2) is 5.03 Å². The first-order chi connectivity index (χ1) is 11.6. The van der Waals surface area contributed by atoms with Gasteiger partial charge < -0.3 is 0 Å². The number of hydrogen-bond acceptors (Lipinski definition) is 6. The van der Waals surface area contributed by atoms with Crippen molar-refractivity contribution in [3.05, 3.63) is 54.2 Å². The number of hydrogen-bond donors (Lipinski definition) is 0. The minimum Gasteiger partial charge on any atom is -0.266 e. The van der Waals surface area contributed by atoms with Crippen molar-refractivity contribution in [2.75, 3.05) is 6.61 Å². The number of aromatic nitrogens is 1. The van der Waals surface area contributed by atoms with Crippen molar-refractivity contribution in [3.8, 4) is 0 Å². The van der Waals surface area contributed by atoms with Crippen LogP contribution < -0.4 is 0 Å². The molecule has 2 aromatic rings. The second kappa shape index (κ2) is 7.14. The highest BCUT2D eigenvalue weighted by molar-refractivity contribution is 7.92. The van der Waals surface area contributed by atoms with Crippen LogP contribution in [0.3, 0.4) is 0 Å². The van der Waals surface area contributed by atoms with Crippen LogP contribution in [-0.4, -0.2) is 33.7 Å². The number of benzene rings is 1. The lowest BCUT2D eigenvalue weighted by molar-refractivity contribution is 0.0657. The molecule has 0 aliphatic heterocycles. The fraction of sp³-hybridized carbons (Fsp3) is 0.267. The van der Waals surface area contributed by atoms with E-state index in [2.05, 4.69) is 9.17 Å². The summed E-state index contributed by atoms with van der Waals surface area (Å²) in [6, 6.07) is 9.17. The highest BCUT2D eigenvalue weighted by atomic mass is 32.2. The molecule has 10 heteroatoms. The summed E-state index contributed by atoms with van der Waals surface area (Å²) in [5, 5.41) is -5.01. The zero-order chi connectivity index (χ0) is 18.7. The lowest BCUT2D eigenvalue weighted by Crippen LogP contribution is -2.31. The fourth-order valence-electron chi connectivity index (χ4n) is 1.84. The van der Waals surface area contributed by atoms with Crippen LogP contribution in [0.25, 0.3) is 0 Å². The third-order valence-electron chi connectivity index (χ3n) is 3.25. The molecule has 0 unspecified atom stereocenters. The molecule has 2 rings (SSSR count). The van der Waals surface area contributed by atoms with Crippen molar-refractivity contribution in [1.29, 1.82) is 0 Å². The van der Waals surface area contributed by atoms with Gasteiger partial charge in [0.2, 0.25) is 0 Å². The quantitative estimate of drug-likeness (QED) is 0.674. The highest BCUT2D eigenvalue weighted by Gasteiger charge is 2.46. The van der Waals surface area contributed by atoms with Gasteiger partial charge in [-0.15, -0.1) is 0 Å². The van der Waals surface area contributed by atoms with Crippen LogP contribution in [0.2, 0.25) is 0 Å². The monoisotopic (exact) mass is 391 g/mol. The SMILES string of the molecule is Cc1ccc(S(=O)(=O)OCCC(F)(F)S(=O)(=O)c2ccccn2)cc1. The van der Waals surface area contributed by atoms with Crippen molar-refractivity contribution in [1.82, 2.24) is 4.98 Å². The maximum absolute atomic E-state index is 14.0. The Bertz CT molecular complexity index is 928. The molecule has 25 heavy (non-hydrogen) atoms. The first-order valence-electron chi connectivity index (χ1n) is 7.06. The average Bonchev–Trinajstić information content (AvgIpc) is 2.55. The van der Waals surface area contributed by atoms with Gasteiger partial charge in [0.25, 0.3) is 20.0 Å². The van der Waals surface area contributed by atoms with Gasteiger partial charge in [-0.25, -0.2) is 13.4 Å². The Morgan fingerprint density at radius 2 is 1.68 bits per heavy atom. The third kappa shape index (κ3) is 4.39. The Balaban J connectivity index is 2.08. The summed E-state index contributed by atoms with van der Waals surface area (Å²) in [4.78, 5) is 3.20. The van der Waals surface area contributed by atoms with Gasteiger partial charge in [0.1, 0.15) is 0 Å². The van der Waals surface area contributed by atoms with Crippen LogP contribution >= 0.6 is 0 Å². The van der Waals surface area contributed by atoms with Crippen molar-refractivity contribution in [2.45, 2.75) is 28.5 Å². The lowest BCUT2D eigenvalue weighted by atomic mass is 10.2. The van der Waals surface area contributed by atoms with Crippen molar-refractivity contribution < 1.29 is 29.8 Å². The predicted octanol–water partition coefficient (Wildman–Crippen LogP) is 2.55. The number of aryl methyl sites for hydroxylation is 1. The topological polar surface area (TPSA) is 90.4 Å². The number of rotatable bonds is 7. The first-order valence-corrected chi connectivity index (χ1v) is 9.95. The summed E-state index contributed by atoms with van der Waals surface area (Å²) in [6.07, 6.45) is -0.252. The maximum Gasteiger partial charge on any atom is 0.353 e. The van der Waals surface area contributed by atoms with Crippen LogP contribution in [0.4, 0.5) is 8.78 Å². The summed E-state index contributed by atoms with van der Waals surface area (Å²) in [5.41, 5.74) is 0.812. The Hall–Kier alpha value is -1.91. The predicted molar refractivity (Wildman–Crippen MR) is 85.3 cm³/mol. The average molecular weight is 391 g/mol. The minimum atomic E-state index is -5.05. The number of pyridine rings is 1. The molecular formula is C15H15F2NO5S2. The van der Waals surface area contributed by atoms with Gasteiger partial charge in [-0.05, 0) is 31.2 Å². The van der Waals surface area contributed by atoms with Crippen LogP contribution in [-0.2, 0) is 24.1 Å². The van der Waals surface area contributed by atoms with Crippen LogP contribution in [0.5, 0.6) is 0 Å². The summed E-state index contributed by atoms with van der Waals surface area (Å²) < 4.78 is 80.2.